The number of hydrogen-bond acceptors (Lipinski definition) is 4. The van der Waals surface area contributed by atoms with E-state index in [1.54, 1.807) is 23.6 Å². The van der Waals surface area contributed by atoms with Gasteiger partial charge in [0.05, 0.1) is 22.5 Å². The van der Waals surface area contributed by atoms with Crippen LogP contribution in [0.5, 0.6) is 5.75 Å². The first-order valence-corrected chi connectivity index (χ1v) is 8.11. The number of carbonyl (C=O) groups excluding carboxylic acids is 1. The Morgan fingerprint density at radius 2 is 1.92 bits per heavy atom. The summed E-state index contributed by atoms with van der Waals surface area (Å²) in [5, 5.41) is 10.8. The number of esters is 1. The maximum Gasteiger partial charge on any atom is 0.360 e. The minimum atomic E-state index is -0.793. The Labute approximate surface area is 152 Å². The van der Waals surface area contributed by atoms with Crippen molar-refractivity contribution in [1.29, 1.82) is 0 Å². The van der Waals surface area contributed by atoms with Gasteiger partial charge in [0.15, 0.2) is 16.6 Å². The predicted octanol–water partition coefficient (Wildman–Crippen LogP) is 4.87. The van der Waals surface area contributed by atoms with Crippen molar-refractivity contribution >= 4 is 51.7 Å². The number of nitrogens with zero attached hydrogens (tertiary/aromatic N) is 2. The van der Waals surface area contributed by atoms with Crippen molar-refractivity contribution in [3.63, 3.8) is 0 Å². The zero-order valence-electron chi connectivity index (χ0n) is 12.4. The van der Waals surface area contributed by atoms with E-state index >= 15 is 0 Å². The number of aromatic hydroxyl groups is 1. The molecule has 3 rings (SSSR count). The van der Waals surface area contributed by atoms with E-state index in [-0.39, 0.29) is 33.0 Å². The smallest absolute Gasteiger partial charge is 0.360 e. The number of pyridine rings is 1. The van der Waals surface area contributed by atoms with Gasteiger partial charge in [0.2, 0.25) is 0 Å². The summed E-state index contributed by atoms with van der Waals surface area (Å²) in [4.78, 5) is 15.9. The highest BCUT2D eigenvalue weighted by Crippen LogP contribution is 2.44. The van der Waals surface area contributed by atoms with Crippen molar-refractivity contribution in [2.45, 2.75) is 6.92 Å². The van der Waals surface area contributed by atoms with Crippen LogP contribution >= 0.6 is 34.8 Å². The standard InChI is InChI=1S/C16H11Cl3N2O3/c1-2-24-16(23)11-13(22)9-10(17)15(19)21(12(9)14(18)20-11)8-6-4-3-5-7-8/h3-7,22H,2H2,1H3. The molecule has 0 aliphatic heterocycles. The maximum atomic E-state index is 11.9. The van der Waals surface area contributed by atoms with Crippen molar-refractivity contribution in [1.82, 2.24) is 9.55 Å². The summed E-state index contributed by atoms with van der Waals surface area (Å²) in [5.74, 6) is -1.21. The van der Waals surface area contributed by atoms with Gasteiger partial charge in [-0.05, 0) is 19.1 Å². The van der Waals surface area contributed by atoms with Gasteiger partial charge >= 0.3 is 5.97 Å². The SMILES string of the molecule is CCOC(=O)c1nc(Cl)c2c(c1O)c(Cl)c(Cl)n2-c1ccccc1. The second-order valence-corrected chi connectivity index (χ2v) is 5.91. The molecule has 124 valence electrons. The van der Waals surface area contributed by atoms with Gasteiger partial charge in [0.25, 0.3) is 0 Å². The summed E-state index contributed by atoms with van der Waals surface area (Å²) >= 11 is 18.9. The minimum Gasteiger partial charge on any atom is -0.505 e. The summed E-state index contributed by atoms with van der Waals surface area (Å²) < 4.78 is 6.43. The molecule has 5 nitrogen and oxygen atoms in total. The van der Waals surface area contributed by atoms with Gasteiger partial charge in [0, 0.05) is 5.69 Å². The van der Waals surface area contributed by atoms with E-state index in [0.29, 0.717) is 11.2 Å². The molecule has 3 aromatic rings. The molecular weight excluding hydrogens is 375 g/mol. The second-order valence-electron chi connectivity index (χ2n) is 4.82. The van der Waals surface area contributed by atoms with Crippen molar-refractivity contribution in [2.24, 2.45) is 0 Å². The normalized spacial score (nSPS) is 11.0. The molecule has 8 heteroatoms. The molecule has 0 aliphatic carbocycles. The zero-order valence-corrected chi connectivity index (χ0v) is 14.7. The van der Waals surface area contributed by atoms with Gasteiger partial charge < -0.3 is 9.84 Å². The number of rotatable bonds is 3. The largest absolute Gasteiger partial charge is 0.505 e. The molecule has 0 saturated heterocycles. The average molecular weight is 386 g/mol. The Morgan fingerprint density at radius 1 is 1.25 bits per heavy atom. The molecule has 2 aromatic heterocycles. The van der Waals surface area contributed by atoms with Crippen molar-refractivity contribution in [2.75, 3.05) is 6.61 Å². The lowest BCUT2D eigenvalue weighted by atomic mass is 10.2. The van der Waals surface area contributed by atoms with Crippen LogP contribution in [-0.2, 0) is 4.74 Å². The molecule has 0 amide bonds. The van der Waals surface area contributed by atoms with Crippen molar-refractivity contribution < 1.29 is 14.6 Å². The summed E-state index contributed by atoms with van der Waals surface area (Å²) in [6, 6.07) is 9.09. The molecule has 24 heavy (non-hydrogen) atoms. The third-order valence-electron chi connectivity index (χ3n) is 3.41. The van der Waals surface area contributed by atoms with Crippen molar-refractivity contribution in [3.05, 3.63) is 51.4 Å². The molecule has 0 saturated carbocycles. The van der Waals surface area contributed by atoms with E-state index in [1.165, 1.54) is 0 Å². The number of benzene rings is 1. The van der Waals surface area contributed by atoms with Gasteiger partial charge in [-0.1, -0.05) is 53.0 Å². The number of halogens is 3. The maximum absolute atomic E-state index is 11.9. The van der Waals surface area contributed by atoms with Gasteiger partial charge in [-0.3, -0.25) is 4.57 Å². The summed E-state index contributed by atoms with van der Waals surface area (Å²) in [7, 11) is 0. The van der Waals surface area contributed by atoms with E-state index in [1.807, 2.05) is 18.2 Å². The molecule has 2 heterocycles. The molecule has 0 fully saturated rings. The van der Waals surface area contributed by atoms with Crippen LogP contribution in [0.4, 0.5) is 0 Å². The minimum absolute atomic E-state index is 0.0245. The Hall–Kier alpha value is -1.95. The zero-order chi connectivity index (χ0) is 17.4. The lowest BCUT2D eigenvalue weighted by Gasteiger charge is -2.09. The topological polar surface area (TPSA) is 64.3 Å². The molecule has 0 bridgehead atoms. The molecular formula is C16H11Cl3N2O3. The molecule has 0 aliphatic rings. The lowest BCUT2D eigenvalue weighted by molar-refractivity contribution is 0.0516. The number of carbonyl (C=O) groups is 1. The third kappa shape index (κ3) is 2.59. The number of ether oxygens (including phenoxy) is 1. The van der Waals surface area contributed by atoms with Crippen LogP contribution in [-0.4, -0.2) is 27.2 Å². The molecule has 0 atom stereocenters. The number of hydrogen-bond donors (Lipinski definition) is 1. The quantitative estimate of drug-likeness (QED) is 0.516. The fraction of sp³-hybridized carbons (Fsp3) is 0.125. The third-order valence-corrected chi connectivity index (χ3v) is 4.49. The van der Waals surface area contributed by atoms with Crippen LogP contribution in [0.25, 0.3) is 16.6 Å². The van der Waals surface area contributed by atoms with Crippen LogP contribution < -0.4 is 0 Å². The van der Waals surface area contributed by atoms with Gasteiger partial charge in [-0.25, -0.2) is 9.78 Å². The summed E-state index contributed by atoms with van der Waals surface area (Å²) in [6.07, 6.45) is 0. The fourth-order valence-electron chi connectivity index (χ4n) is 2.41. The molecule has 0 unspecified atom stereocenters. The highest BCUT2D eigenvalue weighted by molar-refractivity contribution is 6.47. The van der Waals surface area contributed by atoms with E-state index in [4.69, 9.17) is 39.5 Å². The average Bonchev–Trinajstić information content (AvgIpc) is 2.84. The van der Waals surface area contributed by atoms with Crippen LogP contribution in [0, 0.1) is 0 Å². The Balaban J connectivity index is 2.37. The van der Waals surface area contributed by atoms with E-state index in [2.05, 4.69) is 4.98 Å². The van der Waals surface area contributed by atoms with Crippen LogP contribution in [0.3, 0.4) is 0 Å². The lowest BCUT2D eigenvalue weighted by Crippen LogP contribution is -2.08. The number of para-hydroxylation sites is 1. The number of aromatic nitrogens is 2. The predicted molar refractivity (Wildman–Crippen MR) is 93.7 cm³/mol. The van der Waals surface area contributed by atoms with Gasteiger partial charge in [0.1, 0.15) is 5.15 Å². The van der Waals surface area contributed by atoms with E-state index < -0.39 is 11.7 Å². The van der Waals surface area contributed by atoms with E-state index in [9.17, 15) is 9.90 Å². The molecule has 1 N–H and O–H groups in total. The highest BCUT2D eigenvalue weighted by atomic mass is 35.5. The highest BCUT2D eigenvalue weighted by Gasteiger charge is 2.27. The Bertz CT molecular complexity index is 939. The first kappa shape index (κ1) is 16.9. The Kier molecular flexibility index (Phi) is 4.58. The van der Waals surface area contributed by atoms with Gasteiger partial charge in [-0.15, -0.1) is 0 Å². The van der Waals surface area contributed by atoms with E-state index in [0.717, 1.165) is 0 Å². The van der Waals surface area contributed by atoms with Crippen LogP contribution in [0.2, 0.25) is 15.3 Å². The number of fused-ring (bicyclic) bond motifs is 1. The van der Waals surface area contributed by atoms with Gasteiger partial charge in [-0.2, -0.15) is 0 Å². The molecule has 0 radical (unpaired) electrons. The monoisotopic (exact) mass is 384 g/mol. The first-order valence-electron chi connectivity index (χ1n) is 6.97. The first-order chi connectivity index (χ1) is 11.5. The summed E-state index contributed by atoms with van der Waals surface area (Å²) in [6.45, 7) is 1.78. The summed E-state index contributed by atoms with van der Waals surface area (Å²) in [5.41, 5.74) is 0.688. The van der Waals surface area contributed by atoms with Crippen LogP contribution in [0.15, 0.2) is 30.3 Å². The van der Waals surface area contributed by atoms with Crippen LogP contribution in [0.1, 0.15) is 17.4 Å². The fourth-order valence-corrected chi connectivity index (χ4v) is 3.21. The second kappa shape index (κ2) is 6.51. The van der Waals surface area contributed by atoms with Crippen molar-refractivity contribution in [3.8, 4) is 11.4 Å². The molecule has 1 aromatic carbocycles. The molecule has 0 spiro atoms. The Morgan fingerprint density at radius 3 is 2.54 bits per heavy atom.